The first-order valence-corrected chi connectivity index (χ1v) is 9.88. The Morgan fingerprint density at radius 1 is 1.00 bits per heavy atom. The second kappa shape index (κ2) is 7.31. The number of rotatable bonds is 2. The van der Waals surface area contributed by atoms with Gasteiger partial charge in [-0.1, -0.05) is 34.8 Å². The Balaban J connectivity index is 1.78. The molecule has 0 unspecified atom stereocenters. The highest BCUT2D eigenvalue weighted by atomic mass is 35.5. The molecule has 0 atom stereocenters. The molecule has 0 radical (unpaired) electrons. The van der Waals surface area contributed by atoms with Crippen LogP contribution in [0.25, 0.3) is 17.0 Å². The zero-order valence-corrected chi connectivity index (χ0v) is 17.1. The normalized spacial score (nSPS) is 13.6. The average Bonchev–Trinajstić information content (AvgIpc) is 2.97. The molecule has 0 saturated heterocycles. The van der Waals surface area contributed by atoms with Gasteiger partial charge in [-0.25, -0.2) is 20.4 Å². The van der Waals surface area contributed by atoms with Gasteiger partial charge in [-0.3, -0.25) is 4.40 Å². The summed E-state index contributed by atoms with van der Waals surface area (Å²) in [5.41, 5.74) is 10.2. The minimum atomic E-state index is 0.526. The molecular formula is C20H13Cl3N6. The number of hydrogen-bond donors (Lipinski definition) is 2. The second-order valence-corrected chi connectivity index (χ2v) is 7.71. The molecule has 0 fully saturated rings. The third-order valence-corrected chi connectivity index (χ3v) is 5.37. The van der Waals surface area contributed by atoms with Crippen LogP contribution < -0.4 is 10.9 Å². The van der Waals surface area contributed by atoms with E-state index >= 15 is 0 Å². The van der Waals surface area contributed by atoms with Crippen LogP contribution in [0.5, 0.6) is 0 Å². The molecule has 0 spiro atoms. The molecule has 0 bridgehead atoms. The van der Waals surface area contributed by atoms with Gasteiger partial charge in [0.05, 0.1) is 10.7 Å². The summed E-state index contributed by atoms with van der Waals surface area (Å²) >= 11 is 18.8. The van der Waals surface area contributed by atoms with E-state index in [1.165, 1.54) is 0 Å². The van der Waals surface area contributed by atoms with Crippen molar-refractivity contribution in [1.82, 2.24) is 25.2 Å². The Morgan fingerprint density at radius 3 is 2.72 bits per heavy atom. The van der Waals surface area contributed by atoms with Crippen LogP contribution in [-0.4, -0.2) is 20.2 Å². The molecule has 29 heavy (non-hydrogen) atoms. The summed E-state index contributed by atoms with van der Waals surface area (Å²) in [5.74, 6) is 1.11. The number of hydrazine groups is 1. The average molecular weight is 444 g/mol. The van der Waals surface area contributed by atoms with Crippen LogP contribution in [0.1, 0.15) is 11.3 Å². The predicted molar refractivity (Wildman–Crippen MR) is 116 cm³/mol. The molecule has 0 aliphatic carbocycles. The van der Waals surface area contributed by atoms with Crippen molar-refractivity contribution in [3.8, 4) is 11.3 Å². The molecular weight excluding hydrogens is 431 g/mol. The third kappa shape index (κ3) is 3.34. The molecule has 0 amide bonds. The van der Waals surface area contributed by atoms with E-state index in [0.717, 1.165) is 11.3 Å². The van der Waals surface area contributed by atoms with Gasteiger partial charge in [0.25, 0.3) is 0 Å². The Bertz CT molecular complexity index is 1280. The number of nitrogens with zero attached hydrogens (tertiary/aromatic N) is 4. The molecule has 9 heteroatoms. The first-order valence-electron chi connectivity index (χ1n) is 8.75. The molecule has 5 rings (SSSR count). The minimum absolute atomic E-state index is 0.526. The lowest BCUT2D eigenvalue weighted by Crippen LogP contribution is -2.37. The van der Waals surface area contributed by atoms with E-state index in [4.69, 9.17) is 44.8 Å². The molecule has 6 nitrogen and oxygen atoms in total. The van der Waals surface area contributed by atoms with Crippen LogP contribution in [0.15, 0.2) is 59.9 Å². The highest BCUT2D eigenvalue weighted by Crippen LogP contribution is 2.34. The Labute approximate surface area is 181 Å². The number of hydrogen-bond acceptors (Lipinski definition) is 5. The van der Waals surface area contributed by atoms with Crippen molar-refractivity contribution in [2.75, 3.05) is 0 Å². The summed E-state index contributed by atoms with van der Waals surface area (Å²) in [6, 6.07) is 12.7. The summed E-state index contributed by atoms with van der Waals surface area (Å²) < 4.78 is 1.86. The van der Waals surface area contributed by atoms with Gasteiger partial charge < -0.3 is 5.43 Å². The number of nitrogens with one attached hydrogen (secondary N) is 2. The molecule has 2 N–H and O–H groups in total. The van der Waals surface area contributed by atoms with Gasteiger partial charge in [-0.2, -0.15) is 0 Å². The standard InChI is InChI=1S/C20H13Cl3N6/c21-12-3-5-16-11(8-12)10-25-28-19(26-16)18-17(14-9-13(22)2-4-15(14)23)27-20-24-6-1-7-29(18)20/h1-9,25H,10H2,(H,26,28). The zero-order valence-electron chi connectivity index (χ0n) is 14.8. The van der Waals surface area contributed by atoms with Gasteiger partial charge in [-0.05, 0) is 48.0 Å². The lowest BCUT2D eigenvalue weighted by Gasteiger charge is -2.11. The summed E-state index contributed by atoms with van der Waals surface area (Å²) in [6.07, 6.45) is 3.57. The van der Waals surface area contributed by atoms with Crippen molar-refractivity contribution >= 4 is 52.1 Å². The topological polar surface area (TPSA) is 66.6 Å². The number of benzene rings is 2. The van der Waals surface area contributed by atoms with Crippen LogP contribution in [0.2, 0.25) is 15.1 Å². The van der Waals surface area contributed by atoms with Crippen molar-refractivity contribution in [2.45, 2.75) is 6.54 Å². The Hall–Kier alpha value is -2.64. The van der Waals surface area contributed by atoms with Crippen LogP contribution in [0.3, 0.4) is 0 Å². The van der Waals surface area contributed by atoms with E-state index in [2.05, 4.69) is 15.8 Å². The molecule has 3 heterocycles. The fraction of sp³-hybridized carbons (Fsp3) is 0.0500. The monoisotopic (exact) mass is 442 g/mol. The molecule has 2 aromatic carbocycles. The van der Waals surface area contributed by atoms with Crippen molar-refractivity contribution in [2.24, 2.45) is 4.99 Å². The largest absolute Gasteiger partial charge is 0.304 e. The van der Waals surface area contributed by atoms with Gasteiger partial charge in [-0.15, -0.1) is 0 Å². The van der Waals surface area contributed by atoms with Gasteiger partial charge in [0, 0.05) is 34.5 Å². The van der Waals surface area contributed by atoms with Crippen LogP contribution in [0.4, 0.5) is 5.69 Å². The minimum Gasteiger partial charge on any atom is -0.304 e. The van der Waals surface area contributed by atoms with Gasteiger partial charge >= 0.3 is 0 Å². The van der Waals surface area contributed by atoms with Crippen LogP contribution in [-0.2, 0) is 6.54 Å². The van der Waals surface area contributed by atoms with Gasteiger partial charge in [0.1, 0.15) is 11.4 Å². The smallest absolute Gasteiger partial charge is 0.234 e. The second-order valence-electron chi connectivity index (χ2n) is 6.43. The highest BCUT2D eigenvalue weighted by Gasteiger charge is 2.23. The molecule has 1 aliphatic heterocycles. The number of fused-ring (bicyclic) bond motifs is 2. The summed E-state index contributed by atoms with van der Waals surface area (Å²) in [4.78, 5) is 13.9. The number of aliphatic imine (C=N–C) groups is 1. The number of amidine groups is 1. The van der Waals surface area contributed by atoms with E-state index in [1.807, 2.05) is 34.9 Å². The zero-order chi connectivity index (χ0) is 20.0. The van der Waals surface area contributed by atoms with E-state index in [9.17, 15) is 0 Å². The number of imidazole rings is 1. The first kappa shape index (κ1) is 18.4. The fourth-order valence-electron chi connectivity index (χ4n) is 3.27. The quantitative estimate of drug-likeness (QED) is 0.455. The molecule has 0 saturated carbocycles. The first-order chi connectivity index (χ1) is 14.1. The highest BCUT2D eigenvalue weighted by molar-refractivity contribution is 6.35. The SMILES string of the molecule is Clc1ccc2c(c1)CNNC(c1c(-c3cc(Cl)ccc3Cl)nc3ncccn13)=N2. The number of aromatic nitrogens is 3. The summed E-state index contributed by atoms with van der Waals surface area (Å²) in [6.45, 7) is 0.561. The third-order valence-electron chi connectivity index (χ3n) is 4.57. The van der Waals surface area contributed by atoms with E-state index in [0.29, 0.717) is 50.2 Å². The van der Waals surface area contributed by atoms with Crippen LogP contribution >= 0.6 is 34.8 Å². The molecule has 2 aromatic heterocycles. The maximum absolute atomic E-state index is 6.48. The lowest BCUT2D eigenvalue weighted by molar-refractivity contribution is 0.660. The van der Waals surface area contributed by atoms with Crippen molar-refractivity contribution < 1.29 is 0 Å². The van der Waals surface area contributed by atoms with Crippen molar-refractivity contribution in [3.05, 3.63) is 81.2 Å². The van der Waals surface area contributed by atoms with E-state index in [-0.39, 0.29) is 0 Å². The molecule has 4 aromatic rings. The maximum Gasteiger partial charge on any atom is 0.234 e. The van der Waals surface area contributed by atoms with Crippen molar-refractivity contribution in [3.63, 3.8) is 0 Å². The fourth-order valence-corrected chi connectivity index (χ4v) is 3.84. The maximum atomic E-state index is 6.48. The van der Waals surface area contributed by atoms with Gasteiger partial charge in [0.2, 0.25) is 5.78 Å². The Morgan fingerprint density at radius 2 is 1.83 bits per heavy atom. The van der Waals surface area contributed by atoms with E-state index in [1.54, 1.807) is 24.4 Å². The Kier molecular flexibility index (Phi) is 4.64. The summed E-state index contributed by atoms with van der Waals surface area (Å²) in [5, 5.41) is 1.76. The van der Waals surface area contributed by atoms with Crippen LogP contribution in [0, 0.1) is 0 Å². The predicted octanol–water partition coefficient (Wildman–Crippen LogP) is 5.04. The molecule has 144 valence electrons. The van der Waals surface area contributed by atoms with Gasteiger partial charge in [0.15, 0.2) is 5.84 Å². The van der Waals surface area contributed by atoms with E-state index < -0.39 is 0 Å². The molecule has 1 aliphatic rings. The van der Waals surface area contributed by atoms with Crippen molar-refractivity contribution in [1.29, 1.82) is 0 Å². The lowest BCUT2D eigenvalue weighted by atomic mass is 10.1. The summed E-state index contributed by atoms with van der Waals surface area (Å²) in [7, 11) is 0. The number of halogens is 3.